The maximum absolute atomic E-state index is 14.0. The lowest BCUT2D eigenvalue weighted by Crippen LogP contribution is -2.53. The Balaban J connectivity index is 2.00. The first kappa shape index (κ1) is 32.0. The van der Waals surface area contributed by atoms with E-state index in [1.165, 1.54) is 29.2 Å². The van der Waals surface area contributed by atoms with Crippen molar-refractivity contribution in [1.29, 1.82) is 0 Å². The van der Waals surface area contributed by atoms with Crippen LogP contribution in [0.1, 0.15) is 39.2 Å². The number of rotatable bonds is 15. The minimum atomic E-state index is -4.17. The van der Waals surface area contributed by atoms with Crippen molar-refractivity contribution in [2.75, 3.05) is 30.5 Å². The van der Waals surface area contributed by atoms with Crippen LogP contribution in [0.2, 0.25) is 5.02 Å². The number of anilines is 1. The standard InChI is InChI=1S/C31H38ClN3O5S/c1-4-21-33-31(37)29(5-2)34(22-20-24-10-8-7-9-11-24)30(36)23-35(26-14-16-27(17-15-26)40-6-3)41(38,39)28-18-12-25(32)13-19-28/h7-19,29H,4-6,20-23H2,1-3H3,(H,33,37). The highest BCUT2D eigenvalue weighted by atomic mass is 35.5. The van der Waals surface area contributed by atoms with Gasteiger partial charge in [-0.25, -0.2) is 8.42 Å². The van der Waals surface area contributed by atoms with Gasteiger partial charge in [0, 0.05) is 18.1 Å². The maximum atomic E-state index is 14.0. The molecule has 3 aromatic carbocycles. The topological polar surface area (TPSA) is 96.0 Å². The van der Waals surface area contributed by atoms with E-state index < -0.39 is 28.5 Å². The van der Waals surface area contributed by atoms with Crippen LogP contribution in [-0.2, 0) is 26.0 Å². The van der Waals surface area contributed by atoms with Crippen LogP contribution in [-0.4, -0.2) is 57.4 Å². The van der Waals surface area contributed by atoms with Crippen LogP contribution in [0.3, 0.4) is 0 Å². The van der Waals surface area contributed by atoms with Gasteiger partial charge in [-0.2, -0.15) is 0 Å². The summed E-state index contributed by atoms with van der Waals surface area (Å²) in [4.78, 5) is 28.6. The summed E-state index contributed by atoms with van der Waals surface area (Å²) in [5.41, 5.74) is 1.30. The number of hydrogen-bond donors (Lipinski definition) is 1. The molecule has 3 aromatic rings. The lowest BCUT2D eigenvalue weighted by atomic mass is 10.1. The Morgan fingerprint density at radius 2 is 1.59 bits per heavy atom. The van der Waals surface area contributed by atoms with E-state index in [1.54, 1.807) is 24.3 Å². The highest BCUT2D eigenvalue weighted by Gasteiger charge is 2.33. The third kappa shape index (κ3) is 8.71. The second-order valence-corrected chi connectivity index (χ2v) is 11.7. The average molecular weight is 600 g/mol. The zero-order valence-electron chi connectivity index (χ0n) is 23.8. The van der Waals surface area contributed by atoms with Crippen molar-refractivity contribution in [1.82, 2.24) is 10.2 Å². The number of hydrogen-bond acceptors (Lipinski definition) is 5. The van der Waals surface area contributed by atoms with Crippen molar-refractivity contribution in [2.24, 2.45) is 0 Å². The van der Waals surface area contributed by atoms with E-state index in [-0.39, 0.29) is 17.3 Å². The van der Waals surface area contributed by atoms with E-state index in [1.807, 2.05) is 51.1 Å². The van der Waals surface area contributed by atoms with Crippen molar-refractivity contribution in [2.45, 2.75) is 51.0 Å². The summed E-state index contributed by atoms with van der Waals surface area (Å²) in [5.74, 6) is -0.163. The molecule has 0 fully saturated rings. The molecule has 0 spiro atoms. The number of benzene rings is 3. The zero-order valence-corrected chi connectivity index (χ0v) is 25.3. The maximum Gasteiger partial charge on any atom is 0.264 e. The van der Waals surface area contributed by atoms with Crippen molar-refractivity contribution < 1.29 is 22.7 Å². The quantitative estimate of drug-likeness (QED) is 0.255. The molecule has 41 heavy (non-hydrogen) atoms. The van der Waals surface area contributed by atoms with Gasteiger partial charge in [0.1, 0.15) is 18.3 Å². The van der Waals surface area contributed by atoms with Gasteiger partial charge in [-0.3, -0.25) is 13.9 Å². The molecule has 1 atom stereocenters. The second kappa shape index (κ2) is 15.4. The average Bonchev–Trinajstić information content (AvgIpc) is 2.98. The van der Waals surface area contributed by atoms with Gasteiger partial charge < -0.3 is 15.0 Å². The SMILES string of the molecule is CCCNC(=O)C(CC)N(CCc1ccccc1)C(=O)CN(c1ccc(OCC)cc1)S(=O)(=O)c1ccc(Cl)cc1. The normalized spacial score (nSPS) is 11.9. The number of sulfonamides is 1. The molecule has 0 aromatic heterocycles. The summed E-state index contributed by atoms with van der Waals surface area (Å²) in [6.07, 6.45) is 1.64. The van der Waals surface area contributed by atoms with Crippen LogP contribution >= 0.6 is 11.6 Å². The molecular formula is C31H38ClN3O5S. The first-order valence-electron chi connectivity index (χ1n) is 13.8. The number of carbonyl (C=O) groups is 2. The fraction of sp³-hybridized carbons (Fsp3) is 0.355. The third-order valence-electron chi connectivity index (χ3n) is 6.54. The number of halogens is 1. The second-order valence-electron chi connectivity index (χ2n) is 9.43. The van der Waals surface area contributed by atoms with Gasteiger partial charge in [0.25, 0.3) is 10.0 Å². The van der Waals surface area contributed by atoms with Crippen molar-refractivity contribution in [3.8, 4) is 5.75 Å². The highest BCUT2D eigenvalue weighted by Crippen LogP contribution is 2.27. The smallest absolute Gasteiger partial charge is 0.264 e. The van der Waals surface area contributed by atoms with Crippen molar-refractivity contribution >= 4 is 39.1 Å². The number of nitrogens with zero attached hydrogens (tertiary/aromatic N) is 2. The molecule has 0 saturated heterocycles. The Labute approximate surface area is 248 Å². The number of ether oxygens (including phenoxy) is 1. The summed E-state index contributed by atoms with van der Waals surface area (Å²) in [6, 6.07) is 21.2. The van der Waals surface area contributed by atoms with E-state index in [9.17, 15) is 18.0 Å². The molecule has 0 heterocycles. The van der Waals surface area contributed by atoms with Crippen LogP contribution in [0.4, 0.5) is 5.69 Å². The number of carbonyl (C=O) groups excluding carboxylic acids is 2. The fourth-order valence-electron chi connectivity index (χ4n) is 4.40. The van der Waals surface area contributed by atoms with Crippen LogP contribution < -0.4 is 14.4 Å². The third-order valence-corrected chi connectivity index (χ3v) is 8.58. The molecule has 10 heteroatoms. The predicted molar refractivity (Wildman–Crippen MR) is 163 cm³/mol. The minimum Gasteiger partial charge on any atom is -0.494 e. The van der Waals surface area contributed by atoms with Gasteiger partial charge in [0.2, 0.25) is 11.8 Å². The summed E-state index contributed by atoms with van der Waals surface area (Å²) >= 11 is 6.01. The van der Waals surface area contributed by atoms with E-state index in [4.69, 9.17) is 16.3 Å². The van der Waals surface area contributed by atoms with E-state index >= 15 is 0 Å². The molecule has 8 nitrogen and oxygen atoms in total. The summed E-state index contributed by atoms with van der Waals surface area (Å²) < 4.78 is 34.4. The molecule has 2 amide bonds. The first-order valence-corrected chi connectivity index (χ1v) is 15.6. The molecule has 0 bridgehead atoms. The van der Waals surface area contributed by atoms with Crippen LogP contribution in [0, 0.1) is 0 Å². The van der Waals surface area contributed by atoms with Gasteiger partial charge in [-0.1, -0.05) is 55.8 Å². The molecule has 0 aliphatic heterocycles. The summed E-state index contributed by atoms with van der Waals surface area (Å²) in [6.45, 7) is 6.35. The Kier molecular flexibility index (Phi) is 12.0. The molecule has 1 N–H and O–H groups in total. The fourth-order valence-corrected chi connectivity index (χ4v) is 5.94. The van der Waals surface area contributed by atoms with Gasteiger partial charge in [0.05, 0.1) is 17.2 Å². The molecular weight excluding hydrogens is 562 g/mol. The Bertz CT molecular complexity index is 1370. The predicted octanol–water partition coefficient (Wildman–Crippen LogP) is 5.31. The minimum absolute atomic E-state index is 0.00727. The zero-order chi connectivity index (χ0) is 29.8. The largest absolute Gasteiger partial charge is 0.494 e. The van der Waals surface area contributed by atoms with Gasteiger partial charge in [0.15, 0.2) is 0 Å². The summed E-state index contributed by atoms with van der Waals surface area (Å²) in [7, 11) is -4.17. The molecule has 0 aliphatic rings. The molecule has 0 aliphatic carbocycles. The monoisotopic (exact) mass is 599 g/mol. The Morgan fingerprint density at radius 1 is 0.927 bits per heavy atom. The lowest BCUT2D eigenvalue weighted by molar-refractivity contribution is -0.139. The van der Waals surface area contributed by atoms with Gasteiger partial charge in [-0.05, 0) is 80.3 Å². The molecule has 0 saturated carbocycles. The van der Waals surface area contributed by atoms with E-state index in [0.717, 1.165) is 16.3 Å². The van der Waals surface area contributed by atoms with Gasteiger partial charge >= 0.3 is 0 Å². The summed E-state index contributed by atoms with van der Waals surface area (Å²) in [5, 5.41) is 3.28. The Morgan fingerprint density at radius 3 is 2.17 bits per heavy atom. The first-order chi connectivity index (χ1) is 19.7. The molecule has 3 rings (SSSR count). The van der Waals surface area contributed by atoms with Gasteiger partial charge in [-0.15, -0.1) is 0 Å². The van der Waals surface area contributed by atoms with E-state index in [0.29, 0.717) is 42.5 Å². The van der Waals surface area contributed by atoms with Crippen molar-refractivity contribution in [3.05, 3.63) is 89.4 Å². The highest BCUT2D eigenvalue weighted by molar-refractivity contribution is 7.92. The Hall–Kier alpha value is -3.56. The number of nitrogens with one attached hydrogen (secondary N) is 1. The van der Waals surface area contributed by atoms with Crippen LogP contribution in [0.5, 0.6) is 5.75 Å². The molecule has 220 valence electrons. The van der Waals surface area contributed by atoms with Crippen molar-refractivity contribution in [3.63, 3.8) is 0 Å². The lowest BCUT2D eigenvalue weighted by Gasteiger charge is -2.33. The number of amides is 2. The molecule has 1 unspecified atom stereocenters. The molecule has 0 radical (unpaired) electrons. The van der Waals surface area contributed by atoms with Crippen LogP contribution in [0.25, 0.3) is 0 Å². The van der Waals surface area contributed by atoms with Crippen LogP contribution in [0.15, 0.2) is 83.8 Å². The van der Waals surface area contributed by atoms with E-state index in [2.05, 4.69) is 5.32 Å².